The van der Waals surface area contributed by atoms with Gasteiger partial charge in [0, 0.05) is 24.3 Å². The van der Waals surface area contributed by atoms with Gasteiger partial charge in [0.05, 0.1) is 13.3 Å². The van der Waals surface area contributed by atoms with Gasteiger partial charge in [-0.3, -0.25) is 9.78 Å². The molecule has 0 bridgehead atoms. The molecule has 2 aromatic heterocycles. The lowest BCUT2D eigenvalue weighted by atomic mass is 10.1. The highest BCUT2D eigenvalue weighted by Gasteiger charge is 2.10. The monoisotopic (exact) mass is 355 g/mol. The largest absolute Gasteiger partial charge is 0.497 e. The number of nitrogens with one attached hydrogen (secondary N) is 2. The van der Waals surface area contributed by atoms with Crippen LogP contribution < -0.4 is 15.4 Å². The highest BCUT2D eigenvalue weighted by atomic mass is 32.1. The molecule has 7 nitrogen and oxygen atoms in total. The molecule has 0 radical (unpaired) electrons. The number of hydrogen-bond donors (Lipinski definition) is 2. The number of anilines is 2. The van der Waals surface area contributed by atoms with Crippen LogP contribution in [0.4, 0.5) is 10.9 Å². The standard InChI is InChI=1S/C17H17N5O2S/c1-24-13-4-2-12(3-5-13)6-7-20-16(23)14-11-25-17(21-14)22-15-10-18-8-9-19-15/h2-5,8-11H,6-7H2,1H3,(H,20,23)(H,19,21,22). The molecule has 0 unspecified atom stereocenters. The summed E-state index contributed by atoms with van der Waals surface area (Å²) in [6.07, 6.45) is 5.51. The fraction of sp³-hybridized carbons (Fsp3) is 0.176. The summed E-state index contributed by atoms with van der Waals surface area (Å²) in [5.41, 5.74) is 1.51. The number of thiazole rings is 1. The minimum absolute atomic E-state index is 0.197. The Morgan fingerprint density at radius 2 is 2.08 bits per heavy atom. The molecule has 1 aromatic carbocycles. The number of ether oxygens (including phenoxy) is 1. The molecule has 0 saturated heterocycles. The maximum Gasteiger partial charge on any atom is 0.270 e. The molecular formula is C17H17N5O2S. The summed E-state index contributed by atoms with van der Waals surface area (Å²) < 4.78 is 5.12. The van der Waals surface area contributed by atoms with Gasteiger partial charge in [-0.25, -0.2) is 9.97 Å². The van der Waals surface area contributed by atoms with Crippen LogP contribution in [0.2, 0.25) is 0 Å². The van der Waals surface area contributed by atoms with Gasteiger partial charge < -0.3 is 15.4 Å². The zero-order valence-electron chi connectivity index (χ0n) is 13.6. The van der Waals surface area contributed by atoms with E-state index in [4.69, 9.17) is 4.74 Å². The van der Waals surface area contributed by atoms with Gasteiger partial charge in [0.1, 0.15) is 11.4 Å². The van der Waals surface area contributed by atoms with Crippen molar-refractivity contribution >= 4 is 28.2 Å². The highest BCUT2D eigenvalue weighted by molar-refractivity contribution is 7.14. The Morgan fingerprint density at radius 1 is 1.24 bits per heavy atom. The molecule has 0 aliphatic heterocycles. The van der Waals surface area contributed by atoms with Gasteiger partial charge in [0.2, 0.25) is 0 Å². The summed E-state index contributed by atoms with van der Waals surface area (Å²) in [7, 11) is 1.64. The number of hydrogen-bond acceptors (Lipinski definition) is 7. The molecule has 2 heterocycles. The number of benzene rings is 1. The molecule has 3 aromatic rings. The average Bonchev–Trinajstić information content (AvgIpc) is 3.12. The molecule has 128 valence electrons. The predicted octanol–water partition coefficient (Wildman–Crippen LogP) is 2.66. The lowest BCUT2D eigenvalue weighted by Gasteiger charge is -2.05. The average molecular weight is 355 g/mol. The first kappa shape index (κ1) is 16.8. The Labute approximate surface area is 149 Å². The molecule has 25 heavy (non-hydrogen) atoms. The molecule has 2 N–H and O–H groups in total. The van der Waals surface area contributed by atoms with E-state index < -0.39 is 0 Å². The van der Waals surface area contributed by atoms with Crippen LogP contribution in [0.25, 0.3) is 0 Å². The van der Waals surface area contributed by atoms with E-state index >= 15 is 0 Å². The Morgan fingerprint density at radius 3 is 2.80 bits per heavy atom. The van der Waals surface area contributed by atoms with Gasteiger partial charge in [0.15, 0.2) is 10.9 Å². The Hall–Kier alpha value is -3.00. The van der Waals surface area contributed by atoms with Crippen molar-refractivity contribution in [1.29, 1.82) is 0 Å². The second kappa shape index (κ2) is 8.20. The van der Waals surface area contributed by atoms with Gasteiger partial charge in [-0.15, -0.1) is 11.3 Å². The fourth-order valence-corrected chi connectivity index (χ4v) is 2.81. The van der Waals surface area contributed by atoms with Gasteiger partial charge >= 0.3 is 0 Å². The van der Waals surface area contributed by atoms with Crippen molar-refractivity contribution in [1.82, 2.24) is 20.3 Å². The summed E-state index contributed by atoms with van der Waals surface area (Å²) >= 11 is 1.34. The number of carbonyl (C=O) groups excluding carboxylic acids is 1. The number of nitrogens with zero attached hydrogens (tertiary/aromatic N) is 3. The quantitative estimate of drug-likeness (QED) is 0.677. The summed E-state index contributed by atoms with van der Waals surface area (Å²) in [4.78, 5) is 24.5. The van der Waals surface area contributed by atoms with Gasteiger partial charge in [-0.2, -0.15) is 0 Å². The van der Waals surface area contributed by atoms with E-state index in [0.29, 0.717) is 23.2 Å². The number of amides is 1. The van der Waals surface area contributed by atoms with E-state index in [2.05, 4.69) is 25.6 Å². The second-order valence-electron chi connectivity index (χ2n) is 5.11. The van der Waals surface area contributed by atoms with E-state index in [9.17, 15) is 4.79 Å². The molecule has 3 rings (SSSR count). The number of methoxy groups -OCH3 is 1. The zero-order valence-corrected chi connectivity index (χ0v) is 14.4. The van der Waals surface area contributed by atoms with E-state index in [1.807, 2.05) is 24.3 Å². The minimum Gasteiger partial charge on any atom is -0.497 e. The lowest BCUT2D eigenvalue weighted by Crippen LogP contribution is -2.25. The summed E-state index contributed by atoms with van der Waals surface area (Å²) in [5, 5.41) is 8.19. The predicted molar refractivity (Wildman–Crippen MR) is 96.5 cm³/mol. The third kappa shape index (κ3) is 4.74. The summed E-state index contributed by atoms with van der Waals surface area (Å²) in [5.74, 6) is 1.21. The normalized spacial score (nSPS) is 10.3. The van der Waals surface area contributed by atoms with Crippen molar-refractivity contribution in [3.05, 3.63) is 59.5 Å². The van der Waals surface area contributed by atoms with Crippen molar-refractivity contribution in [3.63, 3.8) is 0 Å². The zero-order chi connectivity index (χ0) is 17.5. The van der Waals surface area contributed by atoms with Crippen molar-refractivity contribution in [2.24, 2.45) is 0 Å². The molecule has 0 spiro atoms. The van der Waals surface area contributed by atoms with Gasteiger partial charge in [0.25, 0.3) is 5.91 Å². The molecule has 0 saturated carbocycles. The Bertz CT molecular complexity index is 821. The SMILES string of the molecule is COc1ccc(CCNC(=O)c2csc(Nc3cnccn3)n2)cc1. The van der Waals surface area contributed by atoms with E-state index in [1.54, 1.807) is 31.1 Å². The van der Waals surface area contributed by atoms with E-state index in [1.165, 1.54) is 11.3 Å². The fourth-order valence-electron chi connectivity index (χ4n) is 2.11. The van der Waals surface area contributed by atoms with Crippen molar-refractivity contribution in [2.45, 2.75) is 6.42 Å². The maximum absolute atomic E-state index is 12.2. The highest BCUT2D eigenvalue weighted by Crippen LogP contribution is 2.19. The molecule has 8 heteroatoms. The second-order valence-corrected chi connectivity index (χ2v) is 5.97. The van der Waals surface area contributed by atoms with Crippen molar-refractivity contribution in [2.75, 3.05) is 19.0 Å². The van der Waals surface area contributed by atoms with Crippen LogP contribution in [0, 0.1) is 0 Å². The van der Waals surface area contributed by atoms with Crippen LogP contribution >= 0.6 is 11.3 Å². The number of carbonyl (C=O) groups is 1. The minimum atomic E-state index is -0.197. The van der Waals surface area contributed by atoms with Crippen LogP contribution in [0.1, 0.15) is 16.1 Å². The maximum atomic E-state index is 12.2. The van der Waals surface area contributed by atoms with E-state index in [-0.39, 0.29) is 5.91 Å². The molecule has 0 aliphatic carbocycles. The Kier molecular flexibility index (Phi) is 5.53. The number of rotatable bonds is 7. The first-order valence-electron chi connectivity index (χ1n) is 7.64. The van der Waals surface area contributed by atoms with Crippen LogP contribution in [-0.2, 0) is 6.42 Å². The first-order valence-corrected chi connectivity index (χ1v) is 8.52. The van der Waals surface area contributed by atoms with Crippen LogP contribution in [0.3, 0.4) is 0 Å². The first-order chi connectivity index (χ1) is 12.2. The summed E-state index contributed by atoms with van der Waals surface area (Å²) in [6.45, 7) is 0.537. The van der Waals surface area contributed by atoms with Crippen LogP contribution in [-0.4, -0.2) is 34.5 Å². The van der Waals surface area contributed by atoms with Crippen LogP contribution in [0.5, 0.6) is 5.75 Å². The molecule has 0 atom stereocenters. The lowest BCUT2D eigenvalue weighted by molar-refractivity contribution is 0.0950. The van der Waals surface area contributed by atoms with Gasteiger partial charge in [-0.1, -0.05) is 12.1 Å². The third-order valence-electron chi connectivity index (χ3n) is 3.39. The Balaban J connectivity index is 1.49. The van der Waals surface area contributed by atoms with Gasteiger partial charge in [-0.05, 0) is 24.1 Å². The molecular weight excluding hydrogens is 338 g/mol. The van der Waals surface area contributed by atoms with Crippen LogP contribution in [0.15, 0.2) is 48.2 Å². The molecule has 0 fully saturated rings. The molecule has 1 amide bonds. The van der Waals surface area contributed by atoms with Crippen molar-refractivity contribution < 1.29 is 9.53 Å². The summed E-state index contributed by atoms with van der Waals surface area (Å²) in [6, 6.07) is 7.78. The topological polar surface area (TPSA) is 89.0 Å². The van der Waals surface area contributed by atoms with Crippen molar-refractivity contribution in [3.8, 4) is 5.75 Å². The third-order valence-corrected chi connectivity index (χ3v) is 4.15. The number of aromatic nitrogens is 3. The molecule has 0 aliphatic rings. The van der Waals surface area contributed by atoms with E-state index in [0.717, 1.165) is 17.7 Å². The smallest absolute Gasteiger partial charge is 0.270 e.